The molecule has 3 rings (SSSR count). The van der Waals surface area contributed by atoms with Crippen LogP contribution in [-0.4, -0.2) is 9.67 Å². The van der Waals surface area contributed by atoms with E-state index in [0.29, 0.717) is 11.1 Å². The summed E-state index contributed by atoms with van der Waals surface area (Å²) in [6, 6.07) is 19.1. The zero-order chi connectivity index (χ0) is 18.2. The quantitative estimate of drug-likeness (QED) is 0.721. The maximum absolute atomic E-state index is 13.4. The molecular weight excluding hydrogens is 310 g/mol. The molecule has 3 aromatic rings. The number of rotatable bonds is 2. The van der Waals surface area contributed by atoms with Gasteiger partial charge in [0.05, 0.1) is 11.3 Å². The third kappa shape index (κ3) is 2.98. The summed E-state index contributed by atoms with van der Waals surface area (Å²) in [5.41, 5.74) is 2.86. The van der Waals surface area contributed by atoms with Gasteiger partial charge in [0.1, 0.15) is 5.75 Å². The molecule has 2 aromatic carbocycles. The Morgan fingerprint density at radius 2 is 1.32 bits per heavy atom. The Labute approximate surface area is 148 Å². The van der Waals surface area contributed by atoms with Crippen molar-refractivity contribution in [3.05, 3.63) is 76.6 Å². The first kappa shape index (κ1) is 17.0. The van der Waals surface area contributed by atoms with Crippen molar-refractivity contribution in [2.75, 3.05) is 0 Å². The van der Waals surface area contributed by atoms with Crippen LogP contribution >= 0.6 is 0 Å². The third-order valence-corrected chi connectivity index (χ3v) is 4.37. The van der Waals surface area contributed by atoms with Gasteiger partial charge in [-0.05, 0) is 38.8 Å². The lowest BCUT2D eigenvalue weighted by Gasteiger charge is -2.29. The molecule has 0 spiro atoms. The average Bonchev–Trinajstić information content (AvgIpc) is 2.58. The zero-order valence-corrected chi connectivity index (χ0v) is 15.1. The number of pyridine rings is 1. The molecule has 128 valence electrons. The summed E-state index contributed by atoms with van der Waals surface area (Å²) < 4.78 is 1.79. The number of aromatic hydroxyl groups is 1. The smallest absolute Gasteiger partial charge is 0.263 e. The maximum Gasteiger partial charge on any atom is 0.263 e. The van der Waals surface area contributed by atoms with Crippen molar-refractivity contribution in [3.63, 3.8) is 0 Å². The fourth-order valence-corrected chi connectivity index (χ4v) is 3.23. The lowest BCUT2D eigenvalue weighted by molar-refractivity contribution is 0.384. The molecule has 25 heavy (non-hydrogen) atoms. The second kappa shape index (κ2) is 6.25. The van der Waals surface area contributed by atoms with E-state index >= 15 is 0 Å². The van der Waals surface area contributed by atoms with Crippen LogP contribution in [0.25, 0.3) is 22.4 Å². The van der Waals surface area contributed by atoms with Gasteiger partial charge in [0, 0.05) is 11.1 Å². The molecule has 0 saturated heterocycles. The van der Waals surface area contributed by atoms with Crippen molar-refractivity contribution in [2.24, 2.45) is 0 Å². The molecule has 0 amide bonds. The van der Waals surface area contributed by atoms with Crippen molar-refractivity contribution in [3.8, 4) is 28.1 Å². The van der Waals surface area contributed by atoms with Gasteiger partial charge in [-0.25, -0.2) is 0 Å². The van der Waals surface area contributed by atoms with Gasteiger partial charge in [-0.3, -0.25) is 4.79 Å². The van der Waals surface area contributed by atoms with E-state index in [9.17, 15) is 9.90 Å². The maximum atomic E-state index is 13.4. The predicted octanol–water partition coefficient (Wildman–Crippen LogP) is 4.95. The molecule has 1 heterocycles. The minimum Gasteiger partial charge on any atom is -0.507 e. The number of hydrogen-bond acceptors (Lipinski definition) is 2. The summed E-state index contributed by atoms with van der Waals surface area (Å²) in [6.07, 6.45) is 0. The molecule has 0 atom stereocenters. The molecule has 0 aliphatic carbocycles. The second-order valence-corrected chi connectivity index (χ2v) is 7.24. The van der Waals surface area contributed by atoms with Gasteiger partial charge >= 0.3 is 0 Å². The number of nitrogens with zero attached hydrogens (tertiary/aromatic N) is 1. The lowest BCUT2D eigenvalue weighted by Crippen LogP contribution is -2.36. The highest BCUT2D eigenvalue weighted by molar-refractivity contribution is 5.77. The molecule has 0 unspecified atom stereocenters. The van der Waals surface area contributed by atoms with Crippen LogP contribution in [0.15, 0.2) is 65.5 Å². The van der Waals surface area contributed by atoms with Gasteiger partial charge in [0.25, 0.3) is 5.56 Å². The molecule has 3 heteroatoms. The monoisotopic (exact) mass is 333 g/mol. The largest absolute Gasteiger partial charge is 0.507 e. The Hall–Kier alpha value is -2.81. The summed E-state index contributed by atoms with van der Waals surface area (Å²) in [5.74, 6) is 0.0514. The minimum atomic E-state index is -0.426. The third-order valence-electron chi connectivity index (χ3n) is 4.37. The standard InChI is InChI=1S/C22H23NO2/c1-15-19(17-13-9-6-10-14-17)23(22(2,3)4)21(25)18(20(15)24)16-11-7-5-8-12-16/h5-14,24H,1-4H3. The highest BCUT2D eigenvalue weighted by atomic mass is 16.3. The van der Waals surface area contributed by atoms with E-state index in [0.717, 1.165) is 16.8 Å². The summed E-state index contributed by atoms with van der Waals surface area (Å²) in [7, 11) is 0. The molecule has 0 aliphatic rings. The van der Waals surface area contributed by atoms with E-state index in [2.05, 4.69) is 0 Å². The van der Waals surface area contributed by atoms with Crippen molar-refractivity contribution in [1.82, 2.24) is 4.57 Å². The van der Waals surface area contributed by atoms with E-state index in [-0.39, 0.29) is 11.3 Å². The first-order valence-corrected chi connectivity index (χ1v) is 8.42. The number of hydrogen-bond donors (Lipinski definition) is 1. The molecule has 0 fully saturated rings. The Balaban J connectivity index is 2.46. The Morgan fingerprint density at radius 3 is 1.80 bits per heavy atom. The molecule has 0 radical (unpaired) electrons. The van der Waals surface area contributed by atoms with Gasteiger partial charge in [-0.2, -0.15) is 0 Å². The first-order valence-electron chi connectivity index (χ1n) is 8.42. The van der Waals surface area contributed by atoms with Gasteiger partial charge in [0.2, 0.25) is 0 Å². The summed E-state index contributed by atoms with van der Waals surface area (Å²) in [5, 5.41) is 10.9. The van der Waals surface area contributed by atoms with Crippen molar-refractivity contribution >= 4 is 0 Å². The van der Waals surface area contributed by atoms with Crippen LogP contribution < -0.4 is 5.56 Å². The molecule has 3 nitrogen and oxygen atoms in total. The summed E-state index contributed by atoms with van der Waals surface area (Å²) in [4.78, 5) is 13.4. The molecule has 1 N–H and O–H groups in total. The SMILES string of the molecule is Cc1c(O)c(-c2ccccc2)c(=O)n(C(C)(C)C)c1-c1ccccc1. The van der Waals surface area contributed by atoms with Crippen LogP contribution in [0.1, 0.15) is 26.3 Å². The molecule has 0 saturated carbocycles. The molecular formula is C22H23NO2. The molecule has 0 bridgehead atoms. The van der Waals surface area contributed by atoms with E-state index in [4.69, 9.17) is 0 Å². The Morgan fingerprint density at radius 1 is 0.840 bits per heavy atom. The molecule has 1 aromatic heterocycles. The van der Waals surface area contributed by atoms with E-state index in [1.54, 1.807) is 4.57 Å². The Kier molecular flexibility index (Phi) is 4.25. The van der Waals surface area contributed by atoms with Crippen LogP contribution in [0.4, 0.5) is 0 Å². The van der Waals surface area contributed by atoms with Crippen molar-refractivity contribution in [2.45, 2.75) is 33.2 Å². The fourth-order valence-electron chi connectivity index (χ4n) is 3.23. The van der Waals surface area contributed by atoms with Crippen molar-refractivity contribution < 1.29 is 5.11 Å². The highest BCUT2D eigenvalue weighted by Crippen LogP contribution is 2.37. The van der Waals surface area contributed by atoms with Gasteiger partial charge < -0.3 is 9.67 Å². The second-order valence-electron chi connectivity index (χ2n) is 7.24. The van der Waals surface area contributed by atoms with Crippen molar-refractivity contribution in [1.29, 1.82) is 0 Å². The number of benzene rings is 2. The van der Waals surface area contributed by atoms with Crippen LogP contribution in [0.3, 0.4) is 0 Å². The van der Waals surface area contributed by atoms with E-state index < -0.39 is 5.54 Å². The van der Waals surface area contributed by atoms with E-state index in [1.807, 2.05) is 88.4 Å². The zero-order valence-electron chi connectivity index (χ0n) is 15.1. The van der Waals surface area contributed by atoms with E-state index in [1.165, 1.54) is 0 Å². The average molecular weight is 333 g/mol. The number of aromatic nitrogens is 1. The molecule has 0 aliphatic heterocycles. The van der Waals surface area contributed by atoms with Crippen LogP contribution in [-0.2, 0) is 5.54 Å². The Bertz CT molecular complexity index is 949. The fraction of sp³-hybridized carbons (Fsp3) is 0.227. The van der Waals surface area contributed by atoms with Gasteiger partial charge in [-0.15, -0.1) is 0 Å². The first-order chi connectivity index (χ1) is 11.8. The normalized spacial score (nSPS) is 11.5. The van der Waals surface area contributed by atoms with Gasteiger partial charge in [0.15, 0.2) is 0 Å². The van der Waals surface area contributed by atoms with Crippen LogP contribution in [0.5, 0.6) is 5.75 Å². The predicted molar refractivity (Wildman–Crippen MR) is 103 cm³/mol. The van der Waals surface area contributed by atoms with Gasteiger partial charge in [-0.1, -0.05) is 60.7 Å². The minimum absolute atomic E-state index is 0.0514. The summed E-state index contributed by atoms with van der Waals surface area (Å²) >= 11 is 0. The lowest BCUT2D eigenvalue weighted by atomic mass is 9.96. The van der Waals surface area contributed by atoms with Crippen LogP contribution in [0.2, 0.25) is 0 Å². The topological polar surface area (TPSA) is 42.2 Å². The summed E-state index contributed by atoms with van der Waals surface area (Å²) in [6.45, 7) is 7.89. The highest BCUT2D eigenvalue weighted by Gasteiger charge is 2.27. The van der Waals surface area contributed by atoms with Crippen LogP contribution in [0, 0.1) is 6.92 Å².